The van der Waals surface area contributed by atoms with Crippen molar-refractivity contribution >= 4 is 11.9 Å². The first-order chi connectivity index (χ1) is 7.67. The monoisotopic (exact) mass is 355 g/mol. The minimum Gasteiger partial charge on any atom is -0.668 e. The largest absolute Gasteiger partial charge is 4.00 e. The molecule has 1 rings (SSSR count). The molecule has 6 heteroatoms. The van der Waals surface area contributed by atoms with Crippen molar-refractivity contribution in [3.05, 3.63) is 22.8 Å². The van der Waals surface area contributed by atoms with Crippen LogP contribution in [-0.2, 0) is 26.2 Å². The molecule has 0 spiro atoms. The topological polar surface area (TPSA) is 42.3 Å². The average Bonchev–Trinajstić information content (AvgIpc) is 2.63. The van der Waals surface area contributed by atoms with Crippen molar-refractivity contribution in [1.82, 2.24) is 0 Å². The number of alkyl halides is 1. The van der Waals surface area contributed by atoms with Crippen molar-refractivity contribution in [3.8, 4) is 0 Å². The van der Waals surface area contributed by atoms with Crippen LogP contribution < -0.4 is 0 Å². The van der Waals surface area contributed by atoms with Crippen molar-refractivity contribution in [1.29, 1.82) is 0 Å². The average molecular weight is 357 g/mol. The number of hydrogen-bond donors (Lipinski definition) is 0. The van der Waals surface area contributed by atoms with Gasteiger partial charge >= 0.3 is 26.2 Å². The molecule has 0 bridgehead atoms. The second kappa shape index (κ2) is 23.2. The van der Waals surface area contributed by atoms with Gasteiger partial charge in [0.1, 0.15) is 6.17 Å². The van der Waals surface area contributed by atoms with Crippen LogP contribution in [0, 0.1) is 13.3 Å². The minimum atomic E-state index is -0.547. The summed E-state index contributed by atoms with van der Waals surface area (Å²) in [5, 5.41) is 7.00. The zero-order valence-electron chi connectivity index (χ0n) is 12.6. The summed E-state index contributed by atoms with van der Waals surface area (Å²) in [6.07, 6.45) is 2.35. The molecule has 1 saturated carbocycles. The first-order valence-corrected chi connectivity index (χ1v) is 6.43. The molecule has 3 nitrogen and oxygen atoms in total. The van der Waals surface area contributed by atoms with Crippen LogP contribution in [0.15, 0.2) is 0 Å². The molecule has 0 radical (unpaired) electrons. The van der Waals surface area contributed by atoms with E-state index in [9.17, 15) is 4.39 Å². The van der Waals surface area contributed by atoms with E-state index in [4.69, 9.17) is 0 Å². The van der Waals surface area contributed by atoms with Crippen LogP contribution in [0.5, 0.6) is 0 Å². The van der Waals surface area contributed by atoms with Gasteiger partial charge in [-0.1, -0.05) is 6.42 Å². The van der Waals surface area contributed by atoms with Gasteiger partial charge < -0.3 is 22.8 Å². The van der Waals surface area contributed by atoms with Gasteiger partial charge in [-0.3, -0.25) is 11.9 Å². The molecule has 0 aromatic carbocycles. The Morgan fingerprint density at radius 3 is 1.78 bits per heavy atom. The molecule has 0 saturated heterocycles. The third-order valence-corrected chi connectivity index (χ3v) is 2.82. The fourth-order valence-corrected chi connectivity index (χ4v) is 2.07. The molecule has 1 aliphatic carbocycles. The summed E-state index contributed by atoms with van der Waals surface area (Å²) in [7, 11) is 8.76. The van der Waals surface area contributed by atoms with E-state index in [-0.39, 0.29) is 39.5 Å². The number of hydrogen-bond acceptors (Lipinski definition) is 1. The smallest absolute Gasteiger partial charge is 0.668 e. The molecule has 1 unspecified atom stereocenters. The van der Waals surface area contributed by atoms with Crippen LogP contribution in [0.1, 0.15) is 19.3 Å². The van der Waals surface area contributed by atoms with E-state index >= 15 is 0 Å². The molecule has 18 heavy (non-hydrogen) atoms. The molecule has 108 valence electrons. The van der Waals surface area contributed by atoms with Crippen molar-refractivity contribution in [3.63, 3.8) is 0 Å². The van der Waals surface area contributed by atoms with Gasteiger partial charge in [-0.2, -0.15) is 35.2 Å². The first-order valence-electron chi connectivity index (χ1n) is 5.48. The fraction of sp³-hybridized carbons (Fsp3) is 0.917. The Hall–Kier alpha value is 1.04. The summed E-state index contributed by atoms with van der Waals surface area (Å²) in [4.78, 5) is 0. The van der Waals surface area contributed by atoms with Gasteiger partial charge in [0.05, 0.1) is 0 Å². The summed E-state index contributed by atoms with van der Waals surface area (Å²) < 4.78 is 16.7. The summed E-state index contributed by atoms with van der Waals surface area (Å²) in [6, 6.07) is 0. The van der Waals surface area contributed by atoms with Crippen LogP contribution >= 0.6 is 11.9 Å². The zero-order valence-corrected chi connectivity index (χ0v) is 15.9. The fourth-order valence-electron chi connectivity index (χ4n) is 1.35. The predicted molar refractivity (Wildman–Crippen MR) is 80.8 cm³/mol. The van der Waals surface area contributed by atoms with Crippen molar-refractivity contribution in [2.45, 2.75) is 25.4 Å². The molecule has 0 amide bonds. The Labute approximate surface area is 137 Å². The number of nitrogens with zero attached hydrogens (tertiary/aromatic N) is 3. The molecule has 1 fully saturated rings. The first kappa shape index (κ1) is 27.4. The maximum Gasteiger partial charge on any atom is 4.00 e. The molecule has 0 heterocycles. The summed E-state index contributed by atoms with van der Waals surface area (Å²) in [5.74, 6) is 1.16. The molecule has 0 aromatic heterocycles. The van der Waals surface area contributed by atoms with Gasteiger partial charge in [0.15, 0.2) is 0 Å². The van der Waals surface area contributed by atoms with Gasteiger partial charge in [0.25, 0.3) is 0 Å². The van der Waals surface area contributed by atoms with E-state index in [0.717, 1.165) is 25.0 Å². The van der Waals surface area contributed by atoms with Crippen LogP contribution in [0.25, 0.3) is 15.4 Å². The Bertz CT molecular complexity index is 132. The number of rotatable bonds is 3. The zero-order chi connectivity index (χ0) is 12.8. The molecular weight excluding hydrogens is 328 g/mol. The van der Waals surface area contributed by atoms with Crippen LogP contribution in [0.2, 0.25) is 0 Å². The maximum atomic E-state index is 12.9. The quantitative estimate of drug-likeness (QED) is 0.543. The second-order valence-electron chi connectivity index (χ2n) is 3.58. The van der Waals surface area contributed by atoms with Gasteiger partial charge in [-0.25, -0.2) is 4.39 Å². The van der Waals surface area contributed by atoms with Crippen LogP contribution in [0.3, 0.4) is 0 Å². The molecular formula is C12H28FN3SZr. The molecule has 0 N–H and O–H groups in total. The van der Waals surface area contributed by atoms with Gasteiger partial charge in [0.2, 0.25) is 0 Å². The van der Waals surface area contributed by atoms with Gasteiger partial charge in [0, 0.05) is 0 Å². The van der Waals surface area contributed by atoms with E-state index in [1.807, 2.05) is 0 Å². The van der Waals surface area contributed by atoms with E-state index < -0.39 is 6.17 Å². The normalized spacial score (nSPS) is 20.3. The van der Waals surface area contributed by atoms with E-state index in [0.29, 0.717) is 0 Å². The third kappa shape index (κ3) is 19.4. The molecule has 2 atom stereocenters. The minimum absolute atomic E-state index is 0. The van der Waals surface area contributed by atoms with Crippen LogP contribution in [-0.4, -0.2) is 47.2 Å². The summed E-state index contributed by atoms with van der Waals surface area (Å²) >= 11 is 1.49. The van der Waals surface area contributed by atoms with Crippen molar-refractivity contribution < 1.29 is 30.6 Å². The van der Waals surface area contributed by atoms with E-state index in [2.05, 4.69) is 15.4 Å². The Balaban J connectivity index is -0.000000106. The van der Waals surface area contributed by atoms with E-state index in [1.165, 1.54) is 11.9 Å². The predicted octanol–water partition coefficient (Wildman–Crippen LogP) is 4.46. The van der Waals surface area contributed by atoms with Crippen molar-refractivity contribution in [2.75, 3.05) is 41.0 Å². The van der Waals surface area contributed by atoms with Gasteiger partial charge in [-0.15, -0.1) is 0 Å². The maximum absolute atomic E-state index is 12.9. The molecule has 0 aliphatic heterocycles. The van der Waals surface area contributed by atoms with Crippen molar-refractivity contribution in [2.24, 2.45) is 5.92 Å². The van der Waals surface area contributed by atoms with Gasteiger partial charge in [-0.05, 0) is 24.5 Å². The standard InChI is InChI=1S/C7H13FNS.2C2H6N.CH3.Zr/c1-9-10-5-6-3-2-4-7(6)8;2*1-3-2;;/h6-7H,2-5H2,1H3;2*1-2H3;1H3;/q4*-1;+4/t6-,7?;;;;/m0..../s1. The second-order valence-corrected chi connectivity index (χ2v) is 4.54. The van der Waals surface area contributed by atoms with Crippen LogP contribution in [0.4, 0.5) is 4.39 Å². The third-order valence-electron chi connectivity index (χ3n) is 1.98. The number of halogens is 1. The Morgan fingerprint density at radius 1 is 1.06 bits per heavy atom. The Kier molecular flexibility index (Phi) is 35.2. The summed E-state index contributed by atoms with van der Waals surface area (Å²) in [5.41, 5.74) is 0. The SMILES string of the molecule is C[N-]C.C[N-]C.C[N-]SC[C@@H]1CCCC1F.[CH3-].[Zr+4]. The summed E-state index contributed by atoms with van der Waals surface area (Å²) in [6.45, 7) is 0. The molecule has 0 aromatic rings. The Morgan fingerprint density at radius 2 is 1.50 bits per heavy atom. The molecule has 1 aliphatic rings. The van der Waals surface area contributed by atoms with E-state index in [1.54, 1.807) is 35.2 Å².